The van der Waals surface area contributed by atoms with Crippen molar-refractivity contribution in [1.82, 2.24) is 14.2 Å². The number of nitrogens with zero attached hydrogens (tertiary/aromatic N) is 2. The van der Waals surface area contributed by atoms with E-state index >= 15 is 0 Å². The summed E-state index contributed by atoms with van der Waals surface area (Å²) in [4.78, 5) is 0. The van der Waals surface area contributed by atoms with E-state index in [-0.39, 0.29) is 12.1 Å². The zero-order chi connectivity index (χ0) is 9.68. The SMILES string of the molecule is CC(C)OCC(NN)c1cnsn1. The van der Waals surface area contributed by atoms with Crippen molar-refractivity contribution in [3.05, 3.63) is 11.9 Å². The van der Waals surface area contributed by atoms with Gasteiger partial charge in [-0.2, -0.15) is 8.75 Å². The number of hydrogen-bond acceptors (Lipinski definition) is 6. The van der Waals surface area contributed by atoms with Crippen LogP contribution in [0.1, 0.15) is 25.6 Å². The summed E-state index contributed by atoms with van der Waals surface area (Å²) in [6.45, 7) is 4.47. The number of nitrogens with two attached hydrogens (primary N) is 1. The first-order chi connectivity index (χ1) is 6.24. The van der Waals surface area contributed by atoms with Gasteiger partial charge >= 0.3 is 0 Å². The van der Waals surface area contributed by atoms with Crippen LogP contribution in [0.3, 0.4) is 0 Å². The van der Waals surface area contributed by atoms with Crippen LogP contribution in [0, 0.1) is 0 Å². The van der Waals surface area contributed by atoms with Gasteiger partial charge < -0.3 is 4.74 Å². The Labute approximate surface area is 81.6 Å². The van der Waals surface area contributed by atoms with E-state index in [9.17, 15) is 0 Å². The number of aromatic nitrogens is 2. The summed E-state index contributed by atoms with van der Waals surface area (Å²) in [5.41, 5.74) is 3.47. The monoisotopic (exact) mass is 202 g/mol. The smallest absolute Gasteiger partial charge is 0.0949 e. The molecule has 13 heavy (non-hydrogen) atoms. The highest BCUT2D eigenvalue weighted by Crippen LogP contribution is 2.10. The van der Waals surface area contributed by atoms with E-state index in [4.69, 9.17) is 10.6 Å². The van der Waals surface area contributed by atoms with Crippen LogP contribution in [0.4, 0.5) is 0 Å². The average molecular weight is 202 g/mol. The van der Waals surface area contributed by atoms with Crippen LogP contribution in [0.25, 0.3) is 0 Å². The van der Waals surface area contributed by atoms with Gasteiger partial charge in [-0.15, -0.1) is 0 Å². The van der Waals surface area contributed by atoms with Gasteiger partial charge in [0.2, 0.25) is 0 Å². The summed E-state index contributed by atoms with van der Waals surface area (Å²) in [5, 5.41) is 0. The summed E-state index contributed by atoms with van der Waals surface area (Å²) in [6.07, 6.45) is 1.89. The largest absolute Gasteiger partial charge is 0.377 e. The van der Waals surface area contributed by atoms with Gasteiger partial charge in [-0.25, -0.2) is 5.43 Å². The van der Waals surface area contributed by atoms with E-state index in [1.165, 1.54) is 11.7 Å². The van der Waals surface area contributed by atoms with Crippen molar-refractivity contribution in [1.29, 1.82) is 0 Å². The molecule has 5 nitrogen and oxygen atoms in total. The lowest BCUT2D eigenvalue weighted by molar-refractivity contribution is 0.0605. The van der Waals surface area contributed by atoms with Crippen LogP contribution in [0.5, 0.6) is 0 Å². The van der Waals surface area contributed by atoms with Gasteiger partial charge in [0.25, 0.3) is 0 Å². The highest BCUT2D eigenvalue weighted by Gasteiger charge is 2.12. The molecule has 0 bridgehead atoms. The normalized spacial score (nSPS) is 13.5. The quantitative estimate of drug-likeness (QED) is 0.536. The highest BCUT2D eigenvalue weighted by molar-refractivity contribution is 6.99. The van der Waals surface area contributed by atoms with E-state index in [1.54, 1.807) is 6.20 Å². The van der Waals surface area contributed by atoms with Crippen molar-refractivity contribution >= 4 is 11.7 Å². The minimum Gasteiger partial charge on any atom is -0.377 e. The molecule has 0 saturated carbocycles. The maximum absolute atomic E-state index is 5.41. The van der Waals surface area contributed by atoms with Crippen LogP contribution in [0.15, 0.2) is 6.20 Å². The molecule has 0 aromatic carbocycles. The third-order valence-corrected chi connectivity index (χ3v) is 2.02. The first kappa shape index (κ1) is 10.5. The van der Waals surface area contributed by atoms with Crippen LogP contribution >= 0.6 is 11.7 Å². The lowest BCUT2D eigenvalue weighted by atomic mass is 10.2. The van der Waals surface area contributed by atoms with Crippen molar-refractivity contribution in [2.75, 3.05) is 6.61 Å². The Hall–Kier alpha value is -0.560. The van der Waals surface area contributed by atoms with Gasteiger partial charge in [0.1, 0.15) is 0 Å². The second kappa shape index (κ2) is 5.23. The highest BCUT2D eigenvalue weighted by atomic mass is 32.1. The predicted molar refractivity (Wildman–Crippen MR) is 51.1 cm³/mol. The van der Waals surface area contributed by atoms with Crippen LogP contribution < -0.4 is 11.3 Å². The lowest BCUT2D eigenvalue weighted by Crippen LogP contribution is -2.32. The van der Waals surface area contributed by atoms with Crippen LogP contribution in [-0.2, 0) is 4.74 Å². The average Bonchev–Trinajstić information content (AvgIpc) is 2.58. The standard InChI is InChI=1S/C7H14N4OS/c1-5(2)12-4-7(10-8)6-3-9-13-11-6/h3,5,7,10H,4,8H2,1-2H3. The molecule has 0 aliphatic rings. The maximum Gasteiger partial charge on any atom is 0.0949 e. The van der Waals surface area contributed by atoms with E-state index in [0.29, 0.717) is 6.61 Å². The number of ether oxygens (including phenoxy) is 1. The second-order valence-corrected chi connectivity index (χ2v) is 3.49. The van der Waals surface area contributed by atoms with E-state index < -0.39 is 0 Å². The summed E-state index contributed by atoms with van der Waals surface area (Å²) < 4.78 is 13.4. The van der Waals surface area contributed by atoms with Gasteiger partial charge in [-0.05, 0) is 13.8 Å². The van der Waals surface area contributed by atoms with Gasteiger partial charge in [0, 0.05) is 0 Å². The molecule has 0 spiro atoms. The molecular weight excluding hydrogens is 188 g/mol. The third-order valence-electron chi connectivity index (χ3n) is 1.53. The molecule has 1 aromatic rings. The molecule has 0 amide bonds. The molecule has 1 rings (SSSR count). The van der Waals surface area contributed by atoms with Crippen molar-refractivity contribution in [2.45, 2.75) is 26.0 Å². The van der Waals surface area contributed by atoms with Gasteiger partial charge in [-0.3, -0.25) is 5.84 Å². The molecule has 1 heterocycles. The molecule has 0 aliphatic carbocycles. The Morgan fingerprint density at radius 3 is 2.92 bits per heavy atom. The van der Waals surface area contributed by atoms with Crippen molar-refractivity contribution in [2.24, 2.45) is 5.84 Å². The number of hydrogen-bond donors (Lipinski definition) is 2. The Morgan fingerprint density at radius 2 is 2.46 bits per heavy atom. The molecule has 74 valence electrons. The number of rotatable bonds is 5. The second-order valence-electron chi connectivity index (χ2n) is 2.93. The molecule has 1 unspecified atom stereocenters. The Balaban J connectivity index is 2.44. The topological polar surface area (TPSA) is 73.1 Å². The fraction of sp³-hybridized carbons (Fsp3) is 0.714. The van der Waals surface area contributed by atoms with Crippen molar-refractivity contribution in [3.8, 4) is 0 Å². The van der Waals surface area contributed by atoms with Gasteiger partial charge in [-0.1, -0.05) is 0 Å². The van der Waals surface area contributed by atoms with E-state index in [1.807, 2.05) is 13.8 Å². The molecule has 0 radical (unpaired) electrons. The number of hydrazine groups is 1. The molecule has 1 aromatic heterocycles. The van der Waals surface area contributed by atoms with E-state index in [0.717, 1.165) is 5.69 Å². The van der Waals surface area contributed by atoms with Gasteiger partial charge in [0.05, 0.1) is 42.4 Å². The summed E-state index contributed by atoms with van der Waals surface area (Å²) >= 11 is 1.17. The summed E-state index contributed by atoms with van der Waals surface area (Å²) in [7, 11) is 0. The fourth-order valence-electron chi connectivity index (χ4n) is 0.833. The van der Waals surface area contributed by atoms with E-state index in [2.05, 4.69) is 14.2 Å². The first-order valence-electron chi connectivity index (χ1n) is 4.09. The predicted octanol–water partition coefficient (Wildman–Crippen LogP) is 0.468. The minimum absolute atomic E-state index is 0.0684. The molecule has 3 N–H and O–H groups in total. The molecule has 0 aliphatic heterocycles. The van der Waals surface area contributed by atoms with Crippen LogP contribution in [-0.4, -0.2) is 21.5 Å². The van der Waals surface area contributed by atoms with Crippen LogP contribution in [0.2, 0.25) is 0 Å². The summed E-state index contributed by atoms with van der Waals surface area (Å²) in [5.74, 6) is 5.36. The van der Waals surface area contributed by atoms with Crippen molar-refractivity contribution in [3.63, 3.8) is 0 Å². The lowest BCUT2D eigenvalue weighted by Gasteiger charge is -2.14. The molecule has 0 fully saturated rings. The summed E-state index contributed by atoms with van der Waals surface area (Å²) in [6, 6.07) is -0.0684. The molecule has 1 atom stereocenters. The third kappa shape index (κ3) is 3.35. The Bertz CT molecular complexity index is 226. The maximum atomic E-state index is 5.41. The Kier molecular flexibility index (Phi) is 4.23. The fourth-order valence-corrected chi connectivity index (χ4v) is 1.30. The van der Waals surface area contributed by atoms with Gasteiger partial charge in [0.15, 0.2) is 0 Å². The first-order valence-corrected chi connectivity index (χ1v) is 4.82. The molecule has 6 heteroatoms. The molecular formula is C7H14N4OS. The minimum atomic E-state index is -0.0684. The Morgan fingerprint density at radius 1 is 1.69 bits per heavy atom. The van der Waals surface area contributed by atoms with Crippen molar-refractivity contribution < 1.29 is 4.74 Å². The zero-order valence-corrected chi connectivity index (χ0v) is 8.54. The number of nitrogens with one attached hydrogen (secondary N) is 1. The zero-order valence-electron chi connectivity index (χ0n) is 7.73. The molecule has 0 saturated heterocycles.